The Hall–Kier alpha value is -2.61. The minimum absolute atomic E-state index is 0.114. The van der Waals surface area contributed by atoms with Gasteiger partial charge in [0.1, 0.15) is 17.9 Å². The molecule has 1 amide bonds. The lowest BCUT2D eigenvalue weighted by atomic mass is 10.2. The van der Waals surface area contributed by atoms with Crippen LogP contribution in [-0.2, 0) is 14.8 Å². The van der Waals surface area contributed by atoms with E-state index in [4.69, 9.17) is 5.26 Å². The van der Waals surface area contributed by atoms with Crippen molar-refractivity contribution in [2.45, 2.75) is 17.4 Å². The van der Waals surface area contributed by atoms with E-state index in [2.05, 4.69) is 20.3 Å². The molecule has 10 heteroatoms. The summed E-state index contributed by atoms with van der Waals surface area (Å²) < 4.78 is 27.6. The second-order valence-electron chi connectivity index (χ2n) is 6.00. The Labute approximate surface area is 175 Å². The molecule has 0 aliphatic carbocycles. The maximum Gasteiger partial charge on any atom is 0.241 e. The van der Waals surface area contributed by atoms with E-state index >= 15 is 0 Å². The summed E-state index contributed by atoms with van der Waals surface area (Å²) in [5.41, 5.74) is 0.410. The number of hydrogen-bond donors (Lipinski definition) is 3. The summed E-state index contributed by atoms with van der Waals surface area (Å²) in [6, 6.07) is 12.4. The zero-order valence-electron chi connectivity index (χ0n) is 16.0. The van der Waals surface area contributed by atoms with Crippen LogP contribution < -0.4 is 15.4 Å². The molecule has 0 aliphatic rings. The Balaban J connectivity index is 1.94. The van der Waals surface area contributed by atoms with Crippen LogP contribution in [0.4, 0.5) is 5.82 Å². The van der Waals surface area contributed by atoms with Crippen LogP contribution in [0.3, 0.4) is 0 Å². The van der Waals surface area contributed by atoms with Crippen molar-refractivity contribution in [3.8, 4) is 6.07 Å². The lowest BCUT2D eigenvalue weighted by Gasteiger charge is -2.18. The molecule has 1 unspecified atom stereocenters. The predicted octanol–water partition coefficient (Wildman–Crippen LogP) is 1.58. The van der Waals surface area contributed by atoms with E-state index in [1.165, 1.54) is 23.9 Å². The van der Waals surface area contributed by atoms with Gasteiger partial charge < -0.3 is 10.6 Å². The molecule has 0 bridgehead atoms. The number of aromatic nitrogens is 1. The van der Waals surface area contributed by atoms with Gasteiger partial charge in [-0.1, -0.05) is 18.2 Å². The highest BCUT2D eigenvalue weighted by Crippen LogP contribution is 2.11. The lowest BCUT2D eigenvalue weighted by molar-refractivity contribution is -0.122. The van der Waals surface area contributed by atoms with Gasteiger partial charge in [-0.15, -0.1) is 0 Å². The van der Waals surface area contributed by atoms with Crippen molar-refractivity contribution in [2.75, 3.05) is 30.4 Å². The van der Waals surface area contributed by atoms with E-state index in [-0.39, 0.29) is 11.4 Å². The van der Waals surface area contributed by atoms with Crippen LogP contribution in [0.15, 0.2) is 53.6 Å². The van der Waals surface area contributed by atoms with E-state index < -0.39 is 22.0 Å². The van der Waals surface area contributed by atoms with Crippen LogP contribution in [0, 0.1) is 11.3 Å². The molecular weight excluding hydrogens is 410 g/mol. The van der Waals surface area contributed by atoms with Gasteiger partial charge in [-0.25, -0.2) is 13.4 Å². The fourth-order valence-electron chi connectivity index (χ4n) is 2.46. The normalized spacial score (nSPS) is 12.0. The Morgan fingerprint density at radius 3 is 2.66 bits per heavy atom. The van der Waals surface area contributed by atoms with Gasteiger partial charge in [0.25, 0.3) is 0 Å². The largest absolute Gasteiger partial charge is 0.367 e. The zero-order valence-corrected chi connectivity index (χ0v) is 17.6. The SMILES string of the molecule is CSCCC(NS(=O)(=O)c1ccccc1)C(=O)NCCNc1ncccc1C#N. The van der Waals surface area contributed by atoms with Crippen LogP contribution in [0.25, 0.3) is 0 Å². The Morgan fingerprint density at radius 2 is 1.97 bits per heavy atom. The van der Waals surface area contributed by atoms with Crippen molar-refractivity contribution in [1.29, 1.82) is 5.26 Å². The Morgan fingerprint density at radius 1 is 1.21 bits per heavy atom. The number of carbonyl (C=O) groups excluding carboxylic acids is 1. The third-order valence-corrected chi connectivity index (χ3v) is 6.05. The van der Waals surface area contributed by atoms with Gasteiger partial charge in [-0.3, -0.25) is 4.79 Å². The second kappa shape index (κ2) is 11.4. The minimum atomic E-state index is -3.80. The fraction of sp³-hybridized carbons (Fsp3) is 0.316. The molecule has 2 rings (SSSR count). The summed E-state index contributed by atoms with van der Waals surface area (Å²) >= 11 is 1.53. The first kappa shape index (κ1) is 22.7. The predicted molar refractivity (Wildman–Crippen MR) is 114 cm³/mol. The first-order chi connectivity index (χ1) is 14.0. The number of nitrogens with one attached hydrogen (secondary N) is 3. The van der Waals surface area contributed by atoms with E-state index in [9.17, 15) is 13.2 Å². The third kappa shape index (κ3) is 7.05. The number of thioether (sulfide) groups is 1. The molecule has 2 aromatic rings. The molecule has 0 radical (unpaired) electrons. The van der Waals surface area contributed by atoms with Gasteiger partial charge in [0, 0.05) is 19.3 Å². The van der Waals surface area contributed by atoms with Crippen molar-refractivity contribution in [2.24, 2.45) is 0 Å². The number of amides is 1. The first-order valence-electron chi connectivity index (χ1n) is 8.91. The van der Waals surface area contributed by atoms with E-state index in [0.717, 1.165) is 0 Å². The molecule has 1 aromatic heterocycles. The summed E-state index contributed by atoms with van der Waals surface area (Å²) in [4.78, 5) is 16.7. The number of nitrogens with zero attached hydrogens (tertiary/aromatic N) is 2. The number of benzene rings is 1. The molecule has 1 aromatic carbocycles. The molecular formula is C19H23N5O3S2. The van der Waals surface area contributed by atoms with Crippen molar-refractivity contribution < 1.29 is 13.2 Å². The molecule has 154 valence electrons. The fourth-order valence-corrected chi connectivity index (χ4v) is 4.18. The number of carbonyl (C=O) groups is 1. The average Bonchev–Trinajstić information content (AvgIpc) is 2.74. The van der Waals surface area contributed by atoms with Crippen LogP contribution in [0.2, 0.25) is 0 Å². The number of rotatable bonds is 11. The number of anilines is 1. The molecule has 0 saturated carbocycles. The Kier molecular flexibility index (Phi) is 8.92. The molecule has 0 spiro atoms. The topological polar surface area (TPSA) is 124 Å². The van der Waals surface area contributed by atoms with Gasteiger partial charge >= 0.3 is 0 Å². The van der Waals surface area contributed by atoms with Crippen molar-refractivity contribution in [3.63, 3.8) is 0 Å². The van der Waals surface area contributed by atoms with Crippen molar-refractivity contribution in [3.05, 3.63) is 54.2 Å². The number of hydrogen-bond acceptors (Lipinski definition) is 7. The monoisotopic (exact) mass is 433 g/mol. The highest BCUT2D eigenvalue weighted by molar-refractivity contribution is 7.98. The van der Waals surface area contributed by atoms with Crippen molar-refractivity contribution in [1.82, 2.24) is 15.0 Å². The van der Waals surface area contributed by atoms with Gasteiger partial charge in [-0.2, -0.15) is 21.7 Å². The molecule has 0 aliphatic heterocycles. The summed E-state index contributed by atoms with van der Waals surface area (Å²) in [5.74, 6) is 0.669. The van der Waals surface area contributed by atoms with Gasteiger partial charge in [-0.05, 0) is 42.7 Å². The highest BCUT2D eigenvalue weighted by Gasteiger charge is 2.25. The minimum Gasteiger partial charge on any atom is -0.367 e. The zero-order chi connectivity index (χ0) is 21.1. The summed E-state index contributed by atoms with van der Waals surface area (Å²) in [7, 11) is -3.80. The second-order valence-corrected chi connectivity index (χ2v) is 8.70. The van der Waals surface area contributed by atoms with E-state index in [1.54, 1.807) is 36.5 Å². The van der Waals surface area contributed by atoms with Crippen LogP contribution >= 0.6 is 11.8 Å². The summed E-state index contributed by atoms with van der Waals surface area (Å²) in [6.45, 7) is 0.598. The maximum atomic E-state index is 12.5. The molecule has 0 saturated heterocycles. The number of sulfonamides is 1. The van der Waals surface area contributed by atoms with Crippen LogP contribution in [0.1, 0.15) is 12.0 Å². The average molecular weight is 434 g/mol. The van der Waals surface area contributed by atoms with E-state index in [1.807, 2.05) is 12.3 Å². The molecule has 29 heavy (non-hydrogen) atoms. The maximum absolute atomic E-state index is 12.5. The lowest BCUT2D eigenvalue weighted by Crippen LogP contribution is -2.47. The number of pyridine rings is 1. The molecule has 0 fully saturated rings. The highest BCUT2D eigenvalue weighted by atomic mass is 32.2. The molecule has 1 atom stereocenters. The third-order valence-electron chi connectivity index (χ3n) is 3.92. The van der Waals surface area contributed by atoms with Gasteiger partial charge in [0.2, 0.25) is 15.9 Å². The summed E-state index contributed by atoms with van der Waals surface area (Å²) in [5, 5.41) is 14.8. The standard InChI is InChI=1S/C19H23N5O3S2/c1-28-13-9-17(24-29(26,27)16-7-3-2-4-8-16)19(25)23-12-11-22-18-15(14-20)6-5-10-21-18/h2-8,10,17,24H,9,11-13H2,1H3,(H,21,22)(H,23,25). The van der Waals surface area contributed by atoms with Crippen LogP contribution in [0.5, 0.6) is 0 Å². The smallest absolute Gasteiger partial charge is 0.241 e. The molecule has 1 heterocycles. The summed E-state index contributed by atoms with van der Waals surface area (Å²) in [6.07, 6.45) is 3.83. The van der Waals surface area contributed by atoms with Gasteiger partial charge in [0.05, 0.1) is 10.5 Å². The molecule has 8 nitrogen and oxygen atoms in total. The quantitative estimate of drug-likeness (QED) is 0.460. The molecule has 3 N–H and O–H groups in total. The van der Waals surface area contributed by atoms with Crippen molar-refractivity contribution >= 4 is 33.5 Å². The van der Waals surface area contributed by atoms with E-state index in [0.29, 0.717) is 30.1 Å². The Bertz CT molecular complexity index is 946. The van der Waals surface area contributed by atoms with Crippen LogP contribution in [-0.4, -0.2) is 50.4 Å². The van der Waals surface area contributed by atoms with Gasteiger partial charge in [0.15, 0.2) is 0 Å². The number of nitriles is 1. The first-order valence-corrected chi connectivity index (χ1v) is 11.8.